The van der Waals surface area contributed by atoms with Crippen molar-refractivity contribution >= 4 is 0 Å². The van der Waals surface area contributed by atoms with E-state index in [1.807, 2.05) is 36.4 Å². The highest BCUT2D eigenvalue weighted by Crippen LogP contribution is 2.28. The van der Waals surface area contributed by atoms with Crippen molar-refractivity contribution in [3.63, 3.8) is 0 Å². The maximum Gasteiger partial charge on any atom is 0.122 e. The second kappa shape index (κ2) is 9.06. The van der Waals surface area contributed by atoms with Crippen molar-refractivity contribution in [2.45, 2.75) is 25.7 Å². The number of hydrogen-bond acceptors (Lipinski definition) is 4. The molecule has 0 spiro atoms. The molecule has 2 aromatic carbocycles. The fourth-order valence-corrected chi connectivity index (χ4v) is 2.79. The third-order valence-corrected chi connectivity index (χ3v) is 4.12. The van der Waals surface area contributed by atoms with Crippen LogP contribution in [-0.4, -0.2) is 28.4 Å². The summed E-state index contributed by atoms with van der Waals surface area (Å²) in [6, 6.07) is 11.8. The summed E-state index contributed by atoms with van der Waals surface area (Å²) in [5.74, 6) is 3.55. The molecule has 0 unspecified atom stereocenters. The van der Waals surface area contributed by atoms with Crippen molar-refractivity contribution in [3.8, 4) is 23.0 Å². The molecule has 0 aliphatic rings. The average molecular weight is 330 g/mol. The first-order chi connectivity index (χ1) is 11.7. The van der Waals surface area contributed by atoms with Crippen LogP contribution in [0.1, 0.15) is 24.0 Å². The predicted octanol–water partition coefficient (Wildman–Crippen LogP) is 4.29. The van der Waals surface area contributed by atoms with Gasteiger partial charge >= 0.3 is 0 Å². The van der Waals surface area contributed by atoms with Gasteiger partial charge in [-0.2, -0.15) is 0 Å². The second-order valence-corrected chi connectivity index (χ2v) is 5.56. The van der Waals surface area contributed by atoms with Crippen LogP contribution in [0, 0.1) is 0 Å². The number of benzene rings is 2. The first-order valence-electron chi connectivity index (χ1n) is 8.13. The fraction of sp³-hybridized carbons (Fsp3) is 0.400. The minimum absolute atomic E-state index is 0.861. The Morgan fingerprint density at radius 2 is 1.00 bits per heavy atom. The molecule has 2 rings (SSSR count). The summed E-state index contributed by atoms with van der Waals surface area (Å²) in [6.07, 6.45) is 4.02. The molecule has 0 radical (unpaired) electrons. The van der Waals surface area contributed by atoms with Crippen molar-refractivity contribution in [1.29, 1.82) is 0 Å². The standard InChI is InChI=1S/C20H26O4/c1-21-17-9-11-19(23-3)15(13-17)7-5-6-8-16-14-18(22-2)10-12-20(16)24-4/h9-14H,5-8H2,1-4H3. The van der Waals surface area contributed by atoms with Gasteiger partial charge in [0.2, 0.25) is 0 Å². The van der Waals surface area contributed by atoms with Crippen LogP contribution in [0.4, 0.5) is 0 Å². The molecule has 130 valence electrons. The van der Waals surface area contributed by atoms with E-state index in [1.54, 1.807) is 28.4 Å². The quantitative estimate of drug-likeness (QED) is 0.643. The topological polar surface area (TPSA) is 36.9 Å². The summed E-state index contributed by atoms with van der Waals surface area (Å²) in [6.45, 7) is 0. The van der Waals surface area contributed by atoms with Crippen molar-refractivity contribution < 1.29 is 18.9 Å². The Kier molecular flexibility index (Phi) is 6.79. The van der Waals surface area contributed by atoms with Crippen LogP contribution < -0.4 is 18.9 Å². The molecular formula is C20H26O4. The Balaban J connectivity index is 1.96. The zero-order chi connectivity index (χ0) is 17.4. The van der Waals surface area contributed by atoms with Crippen LogP contribution >= 0.6 is 0 Å². The summed E-state index contributed by atoms with van der Waals surface area (Å²) in [7, 11) is 6.76. The monoisotopic (exact) mass is 330 g/mol. The normalized spacial score (nSPS) is 10.3. The van der Waals surface area contributed by atoms with E-state index in [1.165, 1.54) is 11.1 Å². The molecule has 0 heterocycles. The Hall–Kier alpha value is -2.36. The highest BCUT2D eigenvalue weighted by Gasteiger charge is 2.07. The molecule has 4 heteroatoms. The molecule has 0 bridgehead atoms. The second-order valence-electron chi connectivity index (χ2n) is 5.56. The van der Waals surface area contributed by atoms with E-state index in [4.69, 9.17) is 18.9 Å². The first kappa shape index (κ1) is 18.0. The van der Waals surface area contributed by atoms with Crippen molar-refractivity contribution in [3.05, 3.63) is 47.5 Å². The van der Waals surface area contributed by atoms with Gasteiger partial charge < -0.3 is 18.9 Å². The van der Waals surface area contributed by atoms with Crippen molar-refractivity contribution in [2.24, 2.45) is 0 Å². The van der Waals surface area contributed by atoms with Crippen molar-refractivity contribution in [1.82, 2.24) is 0 Å². The summed E-state index contributed by atoms with van der Waals surface area (Å²) in [5, 5.41) is 0. The Bertz CT molecular complexity index is 595. The van der Waals surface area contributed by atoms with E-state index < -0.39 is 0 Å². The minimum Gasteiger partial charge on any atom is -0.497 e. The van der Waals surface area contributed by atoms with Crippen LogP contribution in [0.5, 0.6) is 23.0 Å². The highest BCUT2D eigenvalue weighted by atomic mass is 16.5. The largest absolute Gasteiger partial charge is 0.497 e. The number of aryl methyl sites for hydroxylation is 2. The Morgan fingerprint density at radius 1 is 0.583 bits per heavy atom. The van der Waals surface area contributed by atoms with E-state index in [0.717, 1.165) is 48.7 Å². The summed E-state index contributed by atoms with van der Waals surface area (Å²) in [5.41, 5.74) is 2.35. The number of ether oxygens (including phenoxy) is 4. The van der Waals surface area contributed by atoms with E-state index in [0.29, 0.717) is 0 Å². The molecular weight excluding hydrogens is 304 g/mol. The van der Waals surface area contributed by atoms with Gasteiger partial charge in [0.1, 0.15) is 23.0 Å². The number of rotatable bonds is 9. The molecule has 0 atom stereocenters. The smallest absolute Gasteiger partial charge is 0.122 e. The van der Waals surface area contributed by atoms with Gasteiger partial charge in [-0.15, -0.1) is 0 Å². The lowest BCUT2D eigenvalue weighted by atomic mass is 10.0. The lowest BCUT2D eigenvalue weighted by Gasteiger charge is -2.12. The molecule has 0 aliphatic carbocycles. The van der Waals surface area contributed by atoms with Gasteiger partial charge in [-0.25, -0.2) is 0 Å². The predicted molar refractivity (Wildman–Crippen MR) is 95.7 cm³/mol. The molecule has 0 amide bonds. The van der Waals surface area contributed by atoms with Crippen LogP contribution in [-0.2, 0) is 12.8 Å². The molecule has 24 heavy (non-hydrogen) atoms. The first-order valence-corrected chi connectivity index (χ1v) is 8.13. The molecule has 2 aromatic rings. The third-order valence-electron chi connectivity index (χ3n) is 4.12. The zero-order valence-corrected chi connectivity index (χ0v) is 14.9. The van der Waals surface area contributed by atoms with Crippen LogP contribution in [0.3, 0.4) is 0 Å². The van der Waals surface area contributed by atoms with E-state index in [9.17, 15) is 0 Å². The lowest BCUT2D eigenvalue weighted by molar-refractivity contribution is 0.396. The number of hydrogen-bond donors (Lipinski definition) is 0. The number of unbranched alkanes of at least 4 members (excludes halogenated alkanes) is 1. The summed E-state index contributed by atoms with van der Waals surface area (Å²) >= 11 is 0. The van der Waals surface area contributed by atoms with Gasteiger partial charge in [0.05, 0.1) is 28.4 Å². The lowest BCUT2D eigenvalue weighted by Crippen LogP contribution is -1.97. The summed E-state index contributed by atoms with van der Waals surface area (Å²) < 4.78 is 21.5. The molecule has 0 saturated heterocycles. The molecule has 0 N–H and O–H groups in total. The van der Waals surface area contributed by atoms with Crippen LogP contribution in [0.2, 0.25) is 0 Å². The molecule has 4 nitrogen and oxygen atoms in total. The van der Waals surface area contributed by atoms with Gasteiger partial charge in [0.15, 0.2) is 0 Å². The van der Waals surface area contributed by atoms with Gasteiger partial charge in [-0.1, -0.05) is 0 Å². The molecule has 0 saturated carbocycles. The zero-order valence-electron chi connectivity index (χ0n) is 14.9. The van der Waals surface area contributed by atoms with Gasteiger partial charge in [-0.05, 0) is 73.2 Å². The SMILES string of the molecule is COc1ccc(OC)c(CCCCc2cc(OC)ccc2OC)c1. The number of methoxy groups -OCH3 is 4. The third kappa shape index (κ3) is 4.57. The van der Waals surface area contributed by atoms with Crippen LogP contribution in [0.15, 0.2) is 36.4 Å². The summed E-state index contributed by atoms with van der Waals surface area (Å²) in [4.78, 5) is 0. The van der Waals surface area contributed by atoms with Crippen LogP contribution in [0.25, 0.3) is 0 Å². The molecule has 0 aliphatic heterocycles. The van der Waals surface area contributed by atoms with Gasteiger partial charge in [-0.3, -0.25) is 0 Å². The van der Waals surface area contributed by atoms with E-state index in [2.05, 4.69) is 0 Å². The Morgan fingerprint density at radius 3 is 1.33 bits per heavy atom. The van der Waals surface area contributed by atoms with Gasteiger partial charge in [0.25, 0.3) is 0 Å². The average Bonchev–Trinajstić information content (AvgIpc) is 2.64. The van der Waals surface area contributed by atoms with E-state index >= 15 is 0 Å². The molecule has 0 aromatic heterocycles. The minimum atomic E-state index is 0.861. The molecule has 0 fully saturated rings. The van der Waals surface area contributed by atoms with Crippen molar-refractivity contribution in [2.75, 3.05) is 28.4 Å². The fourth-order valence-electron chi connectivity index (χ4n) is 2.79. The van der Waals surface area contributed by atoms with Gasteiger partial charge in [0, 0.05) is 0 Å². The highest BCUT2D eigenvalue weighted by molar-refractivity contribution is 5.41. The Labute approximate surface area is 144 Å². The maximum absolute atomic E-state index is 5.43. The van der Waals surface area contributed by atoms with E-state index in [-0.39, 0.29) is 0 Å². The maximum atomic E-state index is 5.43.